The lowest BCUT2D eigenvalue weighted by molar-refractivity contribution is -0.384. The molecule has 0 aliphatic carbocycles. The monoisotopic (exact) mass is 381 g/mol. The fraction of sp³-hybridized carbons (Fsp3) is 0.211. The van der Waals surface area contributed by atoms with E-state index in [4.69, 9.17) is 0 Å². The van der Waals surface area contributed by atoms with E-state index in [9.17, 15) is 20.0 Å². The second kappa shape index (κ2) is 7.10. The van der Waals surface area contributed by atoms with Gasteiger partial charge in [-0.25, -0.2) is 4.68 Å². The van der Waals surface area contributed by atoms with E-state index in [0.29, 0.717) is 5.69 Å². The van der Waals surface area contributed by atoms with Gasteiger partial charge >= 0.3 is 0 Å². The van der Waals surface area contributed by atoms with Gasteiger partial charge in [-0.1, -0.05) is 38.1 Å². The van der Waals surface area contributed by atoms with Crippen molar-refractivity contribution in [3.05, 3.63) is 70.0 Å². The minimum absolute atomic E-state index is 0.00654. The lowest BCUT2D eigenvalue weighted by atomic mass is 9.87. The molecular formula is C19H19N5O4. The third-order valence-electron chi connectivity index (χ3n) is 4.14. The van der Waals surface area contributed by atoms with E-state index >= 15 is 0 Å². The maximum Gasteiger partial charge on any atom is 0.277 e. The number of nitrogens with zero attached hydrogens (tertiary/aromatic N) is 4. The van der Waals surface area contributed by atoms with Gasteiger partial charge in [0, 0.05) is 12.1 Å². The lowest BCUT2D eigenvalue weighted by Gasteiger charge is -2.20. The first kappa shape index (κ1) is 19.0. The molecule has 28 heavy (non-hydrogen) atoms. The highest BCUT2D eigenvalue weighted by atomic mass is 16.6. The number of nitro groups is 1. The summed E-state index contributed by atoms with van der Waals surface area (Å²) in [5, 5.41) is 31.2. The van der Waals surface area contributed by atoms with Crippen molar-refractivity contribution in [3.8, 4) is 11.4 Å². The summed E-state index contributed by atoms with van der Waals surface area (Å²) in [4.78, 5) is 22.9. The van der Waals surface area contributed by atoms with Crippen molar-refractivity contribution in [3.63, 3.8) is 0 Å². The molecule has 0 aliphatic heterocycles. The van der Waals surface area contributed by atoms with Crippen molar-refractivity contribution in [2.24, 2.45) is 0 Å². The Labute approximate surface area is 160 Å². The number of phenolic OH excluding ortho intramolecular Hbond substituents is 1. The van der Waals surface area contributed by atoms with Gasteiger partial charge in [-0.3, -0.25) is 14.9 Å². The summed E-state index contributed by atoms with van der Waals surface area (Å²) in [7, 11) is 0. The quantitative estimate of drug-likeness (QED) is 0.405. The van der Waals surface area contributed by atoms with Crippen LogP contribution in [0, 0.1) is 10.1 Å². The van der Waals surface area contributed by atoms with E-state index in [1.165, 1.54) is 35.1 Å². The molecule has 2 aromatic carbocycles. The highest BCUT2D eigenvalue weighted by molar-refractivity contribution is 6.03. The number of nitrogens with one attached hydrogen (secondary N) is 1. The van der Waals surface area contributed by atoms with Crippen molar-refractivity contribution in [2.75, 3.05) is 5.32 Å². The molecule has 0 radical (unpaired) electrons. The third kappa shape index (κ3) is 3.98. The van der Waals surface area contributed by atoms with Gasteiger partial charge in [0.15, 0.2) is 5.69 Å². The smallest absolute Gasteiger partial charge is 0.277 e. The van der Waals surface area contributed by atoms with Crippen LogP contribution < -0.4 is 5.32 Å². The number of rotatable bonds is 4. The summed E-state index contributed by atoms with van der Waals surface area (Å²) in [6.45, 7) is 6.07. The van der Waals surface area contributed by atoms with Gasteiger partial charge in [-0.2, -0.15) is 0 Å². The number of hydrogen-bond acceptors (Lipinski definition) is 6. The molecule has 1 aromatic heterocycles. The van der Waals surface area contributed by atoms with Gasteiger partial charge in [-0.05, 0) is 29.2 Å². The molecule has 3 aromatic rings. The zero-order valence-corrected chi connectivity index (χ0v) is 15.6. The summed E-state index contributed by atoms with van der Waals surface area (Å²) in [5.41, 5.74) is 1.37. The molecule has 0 spiro atoms. The minimum atomic E-state index is -0.557. The Morgan fingerprint density at radius 1 is 1.21 bits per heavy atom. The van der Waals surface area contributed by atoms with Gasteiger partial charge in [0.05, 0.1) is 22.5 Å². The number of non-ortho nitro benzene ring substituents is 1. The summed E-state index contributed by atoms with van der Waals surface area (Å²) in [5.74, 6) is -0.620. The Balaban J connectivity index is 1.84. The highest BCUT2D eigenvalue weighted by Gasteiger charge is 2.18. The number of phenols is 1. The third-order valence-corrected chi connectivity index (χ3v) is 4.14. The number of aromatic nitrogens is 3. The van der Waals surface area contributed by atoms with Crippen LogP contribution in [0.25, 0.3) is 5.69 Å². The van der Waals surface area contributed by atoms with Gasteiger partial charge in [0.2, 0.25) is 0 Å². The molecule has 0 atom stereocenters. The Bertz CT molecular complexity index is 1050. The molecule has 0 fully saturated rings. The lowest BCUT2D eigenvalue weighted by Crippen LogP contribution is -2.15. The summed E-state index contributed by atoms with van der Waals surface area (Å²) in [6.07, 6.45) is 1.36. The van der Waals surface area contributed by atoms with Crippen LogP contribution >= 0.6 is 0 Å². The van der Waals surface area contributed by atoms with E-state index in [1.54, 1.807) is 18.2 Å². The van der Waals surface area contributed by atoms with Crippen molar-refractivity contribution in [1.29, 1.82) is 0 Å². The van der Waals surface area contributed by atoms with Crippen molar-refractivity contribution in [2.45, 2.75) is 26.2 Å². The number of carbonyl (C=O) groups is 1. The molecule has 0 bridgehead atoms. The van der Waals surface area contributed by atoms with Gasteiger partial charge in [0.25, 0.3) is 11.6 Å². The minimum Gasteiger partial charge on any atom is -0.506 e. The molecule has 1 heterocycles. The van der Waals surface area contributed by atoms with E-state index in [0.717, 1.165) is 5.56 Å². The topological polar surface area (TPSA) is 123 Å². The van der Waals surface area contributed by atoms with Crippen LogP contribution in [0.15, 0.2) is 48.7 Å². The Morgan fingerprint density at radius 2 is 1.96 bits per heavy atom. The molecule has 0 saturated carbocycles. The number of benzene rings is 2. The number of hydrogen-bond donors (Lipinski definition) is 2. The van der Waals surface area contributed by atoms with E-state index in [2.05, 4.69) is 15.6 Å². The summed E-state index contributed by atoms with van der Waals surface area (Å²) < 4.78 is 1.27. The Morgan fingerprint density at radius 3 is 2.64 bits per heavy atom. The average molecular weight is 381 g/mol. The molecule has 0 saturated heterocycles. The maximum absolute atomic E-state index is 12.5. The van der Waals surface area contributed by atoms with Gasteiger partial charge in [-0.15, -0.1) is 5.10 Å². The maximum atomic E-state index is 12.5. The van der Waals surface area contributed by atoms with Crippen LogP contribution in [0.5, 0.6) is 5.75 Å². The van der Waals surface area contributed by atoms with Gasteiger partial charge in [0.1, 0.15) is 5.75 Å². The van der Waals surface area contributed by atoms with Crippen molar-refractivity contribution in [1.82, 2.24) is 15.0 Å². The molecule has 2 N–H and O–H groups in total. The van der Waals surface area contributed by atoms with E-state index in [1.807, 2.05) is 20.8 Å². The highest BCUT2D eigenvalue weighted by Crippen LogP contribution is 2.31. The first-order chi connectivity index (χ1) is 13.1. The zero-order chi connectivity index (χ0) is 20.5. The molecule has 1 amide bonds. The number of amides is 1. The predicted molar refractivity (Wildman–Crippen MR) is 103 cm³/mol. The SMILES string of the molecule is CC(C)(C)c1ccc(O)c(NC(=O)c2cn(-c3cccc([N+](=O)[O-])c3)nn2)c1. The van der Waals surface area contributed by atoms with Crippen LogP contribution in [0.2, 0.25) is 0 Å². The zero-order valence-electron chi connectivity index (χ0n) is 15.6. The fourth-order valence-corrected chi connectivity index (χ4v) is 2.53. The van der Waals surface area contributed by atoms with Crippen LogP contribution in [-0.2, 0) is 5.41 Å². The van der Waals surface area contributed by atoms with Crippen LogP contribution in [0.4, 0.5) is 11.4 Å². The molecule has 0 unspecified atom stereocenters. The first-order valence-electron chi connectivity index (χ1n) is 8.47. The molecule has 9 heteroatoms. The molecule has 144 valence electrons. The van der Waals surface area contributed by atoms with Crippen LogP contribution in [-0.4, -0.2) is 30.9 Å². The Hall–Kier alpha value is -3.75. The normalized spacial score (nSPS) is 11.2. The molecule has 0 aliphatic rings. The van der Waals surface area contributed by atoms with Gasteiger partial charge < -0.3 is 10.4 Å². The molecule has 3 rings (SSSR count). The predicted octanol–water partition coefficient (Wildman–Crippen LogP) is 3.43. The molecular weight excluding hydrogens is 362 g/mol. The fourth-order valence-electron chi connectivity index (χ4n) is 2.53. The summed E-state index contributed by atoms with van der Waals surface area (Å²) >= 11 is 0. The van der Waals surface area contributed by atoms with Crippen molar-refractivity contribution >= 4 is 17.3 Å². The summed E-state index contributed by atoms with van der Waals surface area (Å²) in [6, 6.07) is 10.8. The number of carbonyl (C=O) groups excluding carboxylic acids is 1. The van der Waals surface area contributed by atoms with Crippen molar-refractivity contribution < 1.29 is 14.8 Å². The first-order valence-corrected chi connectivity index (χ1v) is 8.47. The standard InChI is InChI=1S/C19H19N5O4/c1-19(2,3)12-7-8-17(25)15(9-12)20-18(26)16-11-23(22-21-16)13-5-4-6-14(10-13)24(27)28/h4-11,25H,1-3H3,(H,20,26). The van der Waals surface area contributed by atoms with Crippen LogP contribution in [0.1, 0.15) is 36.8 Å². The van der Waals surface area contributed by atoms with E-state index in [-0.39, 0.29) is 28.2 Å². The van der Waals surface area contributed by atoms with E-state index < -0.39 is 10.8 Å². The number of aromatic hydroxyl groups is 1. The second-order valence-electron chi connectivity index (χ2n) is 7.26. The Kier molecular flexibility index (Phi) is 4.83. The largest absolute Gasteiger partial charge is 0.506 e. The molecule has 9 nitrogen and oxygen atoms in total. The number of nitro benzene ring substituents is 1. The number of anilines is 1. The van der Waals surface area contributed by atoms with Crippen LogP contribution in [0.3, 0.4) is 0 Å². The second-order valence-corrected chi connectivity index (χ2v) is 7.26. The average Bonchev–Trinajstić information content (AvgIpc) is 3.13.